The van der Waals surface area contributed by atoms with Crippen LogP contribution in [0.2, 0.25) is 0 Å². The summed E-state index contributed by atoms with van der Waals surface area (Å²) in [6, 6.07) is 14.1. The van der Waals surface area contributed by atoms with E-state index in [1.165, 1.54) is 16.9 Å². The zero-order valence-electron chi connectivity index (χ0n) is 14.9. The van der Waals surface area contributed by atoms with Gasteiger partial charge in [-0.2, -0.15) is 0 Å². The number of carbonyl (C=O) groups is 2. The van der Waals surface area contributed by atoms with E-state index in [4.69, 9.17) is 0 Å². The monoisotopic (exact) mass is 371 g/mol. The molecule has 1 saturated heterocycles. The van der Waals surface area contributed by atoms with Crippen LogP contribution < -0.4 is 5.32 Å². The molecule has 138 valence electrons. The zero-order valence-corrected chi connectivity index (χ0v) is 15.7. The molecule has 2 aromatic rings. The fraction of sp³-hybridized carbons (Fsp3) is 0.400. The first-order chi connectivity index (χ1) is 12.7. The molecular formula is C20H25N3O2S. The normalized spacial score (nSPS) is 15.0. The molecule has 1 aromatic carbocycles. The van der Waals surface area contributed by atoms with Crippen LogP contribution in [0.15, 0.2) is 47.8 Å². The summed E-state index contributed by atoms with van der Waals surface area (Å²) in [5, 5.41) is 4.93. The number of urea groups is 1. The number of hydrogen-bond donors (Lipinski definition) is 1. The summed E-state index contributed by atoms with van der Waals surface area (Å²) in [7, 11) is 0. The van der Waals surface area contributed by atoms with Gasteiger partial charge in [0.1, 0.15) is 0 Å². The lowest BCUT2D eigenvalue weighted by molar-refractivity contribution is 0.0882. The van der Waals surface area contributed by atoms with Gasteiger partial charge in [0.05, 0.1) is 11.4 Å². The lowest BCUT2D eigenvalue weighted by Crippen LogP contribution is -2.52. The molecule has 0 saturated carbocycles. The van der Waals surface area contributed by atoms with Crippen LogP contribution >= 0.6 is 11.3 Å². The fourth-order valence-corrected chi connectivity index (χ4v) is 3.73. The van der Waals surface area contributed by atoms with E-state index < -0.39 is 0 Å². The van der Waals surface area contributed by atoms with Crippen LogP contribution in [-0.4, -0.2) is 60.9 Å². The van der Waals surface area contributed by atoms with Gasteiger partial charge in [-0.25, -0.2) is 4.79 Å². The van der Waals surface area contributed by atoms with Crippen molar-refractivity contribution in [3.05, 3.63) is 58.3 Å². The number of aryl methyl sites for hydroxylation is 1. The van der Waals surface area contributed by atoms with E-state index in [0.29, 0.717) is 26.2 Å². The van der Waals surface area contributed by atoms with Crippen LogP contribution in [0.5, 0.6) is 0 Å². The summed E-state index contributed by atoms with van der Waals surface area (Å²) in [5.41, 5.74) is 1.30. The molecule has 26 heavy (non-hydrogen) atoms. The Kier molecular flexibility index (Phi) is 6.80. The Morgan fingerprint density at radius 2 is 1.77 bits per heavy atom. The van der Waals surface area contributed by atoms with Gasteiger partial charge in [-0.05, 0) is 29.9 Å². The van der Waals surface area contributed by atoms with E-state index in [0.717, 1.165) is 30.8 Å². The number of hydrogen-bond acceptors (Lipinski definition) is 4. The molecule has 6 heteroatoms. The molecule has 0 radical (unpaired) electrons. The summed E-state index contributed by atoms with van der Waals surface area (Å²) >= 11 is 1.48. The minimum atomic E-state index is 0.00213. The summed E-state index contributed by atoms with van der Waals surface area (Å²) in [5.74, 6) is 0.166. The van der Waals surface area contributed by atoms with Gasteiger partial charge in [0.15, 0.2) is 5.78 Å². The Balaban J connectivity index is 1.32. The van der Waals surface area contributed by atoms with Crippen LogP contribution in [0.4, 0.5) is 4.79 Å². The second-order valence-corrected chi connectivity index (χ2v) is 7.43. The molecular weight excluding hydrogens is 346 g/mol. The maximum atomic E-state index is 12.3. The van der Waals surface area contributed by atoms with E-state index in [1.54, 1.807) is 0 Å². The smallest absolute Gasteiger partial charge is 0.317 e. The van der Waals surface area contributed by atoms with Crippen LogP contribution in [0.25, 0.3) is 0 Å². The van der Waals surface area contributed by atoms with Gasteiger partial charge in [-0.15, -0.1) is 11.3 Å². The third-order valence-electron chi connectivity index (χ3n) is 4.58. The highest BCUT2D eigenvalue weighted by molar-refractivity contribution is 7.12. The topological polar surface area (TPSA) is 52.7 Å². The molecule has 0 spiro atoms. The number of nitrogens with one attached hydrogen (secondary N) is 1. The molecule has 0 unspecified atom stereocenters. The molecule has 0 atom stereocenters. The van der Waals surface area contributed by atoms with Crippen molar-refractivity contribution in [1.82, 2.24) is 15.1 Å². The average Bonchev–Trinajstić information content (AvgIpc) is 3.21. The van der Waals surface area contributed by atoms with Crippen LogP contribution in [0, 0.1) is 0 Å². The van der Waals surface area contributed by atoms with Gasteiger partial charge in [-0.1, -0.05) is 36.4 Å². The number of ketones is 1. The standard InChI is InChI=1S/C20H25N3O2S/c24-18(19-9-5-15-26-19)16-22-11-13-23(14-12-22)20(25)21-10-4-8-17-6-2-1-3-7-17/h1-3,5-7,9,15H,4,8,10-14,16H2,(H,21,25). The van der Waals surface area contributed by atoms with Crippen LogP contribution in [0.3, 0.4) is 0 Å². The number of carbonyl (C=O) groups excluding carboxylic acids is 2. The highest BCUT2D eigenvalue weighted by Gasteiger charge is 2.22. The van der Waals surface area contributed by atoms with Crippen molar-refractivity contribution in [2.75, 3.05) is 39.3 Å². The number of rotatable bonds is 7. The summed E-state index contributed by atoms with van der Waals surface area (Å²) in [4.78, 5) is 29.2. The van der Waals surface area contributed by atoms with Gasteiger partial charge in [0, 0.05) is 32.7 Å². The quantitative estimate of drug-likeness (QED) is 0.601. The van der Waals surface area contributed by atoms with Gasteiger partial charge in [0.2, 0.25) is 0 Å². The van der Waals surface area contributed by atoms with E-state index in [1.807, 2.05) is 40.6 Å². The van der Waals surface area contributed by atoms with E-state index in [2.05, 4.69) is 22.3 Å². The van der Waals surface area contributed by atoms with Gasteiger partial charge >= 0.3 is 6.03 Å². The molecule has 1 fully saturated rings. The van der Waals surface area contributed by atoms with Crippen molar-refractivity contribution in [1.29, 1.82) is 0 Å². The molecule has 3 rings (SSSR count). The first-order valence-corrected chi connectivity index (χ1v) is 9.96. The zero-order chi connectivity index (χ0) is 18.2. The number of amides is 2. The molecule has 0 aliphatic carbocycles. The minimum Gasteiger partial charge on any atom is -0.338 e. The lowest BCUT2D eigenvalue weighted by atomic mass is 10.1. The minimum absolute atomic E-state index is 0.00213. The number of benzene rings is 1. The number of piperazine rings is 1. The van der Waals surface area contributed by atoms with Crippen molar-refractivity contribution in [2.45, 2.75) is 12.8 Å². The maximum Gasteiger partial charge on any atom is 0.317 e. The van der Waals surface area contributed by atoms with Crippen molar-refractivity contribution in [2.24, 2.45) is 0 Å². The van der Waals surface area contributed by atoms with Crippen molar-refractivity contribution in [3.8, 4) is 0 Å². The Labute approximate surface area is 158 Å². The summed E-state index contributed by atoms with van der Waals surface area (Å²) < 4.78 is 0. The molecule has 1 aliphatic rings. The fourth-order valence-electron chi connectivity index (χ4n) is 3.07. The Bertz CT molecular complexity index is 695. The first kappa shape index (κ1) is 18.6. The SMILES string of the molecule is O=C(CN1CCN(C(=O)NCCCc2ccccc2)CC1)c1cccs1. The van der Waals surface area contributed by atoms with E-state index in [-0.39, 0.29) is 11.8 Å². The average molecular weight is 372 g/mol. The maximum absolute atomic E-state index is 12.3. The van der Waals surface area contributed by atoms with Crippen molar-refractivity contribution >= 4 is 23.2 Å². The molecule has 2 heterocycles. The number of Topliss-reactive ketones (excluding diaryl/α,β-unsaturated/α-hetero) is 1. The highest BCUT2D eigenvalue weighted by Crippen LogP contribution is 2.11. The van der Waals surface area contributed by atoms with E-state index in [9.17, 15) is 9.59 Å². The molecule has 1 aromatic heterocycles. The largest absolute Gasteiger partial charge is 0.338 e. The third kappa shape index (κ3) is 5.41. The predicted molar refractivity (Wildman–Crippen MR) is 105 cm³/mol. The Morgan fingerprint density at radius 1 is 1.00 bits per heavy atom. The van der Waals surface area contributed by atoms with Crippen molar-refractivity contribution in [3.63, 3.8) is 0 Å². The molecule has 2 amide bonds. The van der Waals surface area contributed by atoms with Gasteiger partial charge in [0.25, 0.3) is 0 Å². The third-order valence-corrected chi connectivity index (χ3v) is 5.49. The second kappa shape index (κ2) is 9.50. The van der Waals surface area contributed by atoms with Crippen LogP contribution in [-0.2, 0) is 6.42 Å². The van der Waals surface area contributed by atoms with E-state index >= 15 is 0 Å². The molecule has 5 nitrogen and oxygen atoms in total. The molecule has 1 N–H and O–H groups in total. The van der Waals surface area contributed by atoms with Crippen molar-refractivity contribution < 1.29 is 9.59 Å². The highest BCUT2D eigenvalue weighted by atomic mass is 32.1. The lowest BCUT2D eigenvalue weighted by Gasteiger charge is -2.34. The summed E-state index contributed by atoms with van der Waals surface area (Å²) in [6.45, 7) is 3.95. The number of thiophene rings is 1. The Hall–Kier alpha value is -2.18. The first-order valence-electron chi connectivity index (χ1n) is 9.08. The second-order valence-electron chi connectivity index (χ2n) is 6.48. The Morgan fingerprint density at radius 3 is 2.46 bits per heavy atom. The molecule has 1 aliphatic heterocycles. The summed E-state index contributed by atoms with van der Waals surface area (Å²) in [6.07, 6.45) is 1.91. The van der Waals surface area contributed by atoms with Gasteiger partial charge < -0.3 is 10.2 Å². The predicted octanol–water partition coefficient (Wildman–Crippen LogP) is 2.89. The number of nitrogens with zero attached hydrogens (tertiary/aromatic N) is 2. The molecule has 0 bridgehead atoms. The van der Waals surface area contributed by atoms with Gasteiger partial charge in [-0.3, -0.25) is 9.69 Å². The van der Waals surface area contributed by atoms with Crippen LogP contribution in [0.1, 0.15) is 21.7 Å².